The predicted octanol–water partition coefficient (Wildman–Crippen LogP) is 6.48. The minimum atomic E-state index is -4.32. The van der Waals surface area contributed by atoms with E-state index in [2.05, 4.69) is 43.5 Å². The van der Waals surface area contributed by atoms with Crippen LogP contribution in [0.1, 0.15) is 110 Å². The summed E-state index contributed by atoms with van der Waals surface area (Å²) in [5.41, 5.74) is 5.30. The van der Waals surface area contributed by atoms with Crippen LogP contribution in [0, 0.1) is 0 Å². The van der Waals surface area contributed by atoms with Crippen molar-refractivity contribution < 1.29 is 28.4 Å². The van der Waals surface area contributed by atoms with Crippen LogP contribution >= 0.6 is 7.82 Å². The first-order valence-corrected chi connectivity index (χ1v) is 16.1. The summed E-state index contributed by atoms with van der Waals surface area (Å²) in [4.78, 5) is 22.3. The molecule has 0 aliphatic rings. The van der Waals surface area contributed by atoms with Crippen LogP contribution in [-0.2, 0) is 18.4 Å². The maximum Gasteiger partial charge on any atom is 0.472 e. The van der Waals surface area contributed by atoms with Crippen molar-refractivity contribution in [3.05, 3.63) is 36.5 Å². The molecule has 0 saturated heterocycles. The normalized spacial score (nSPS) is 15.4. The van der Waals surface area contributed by atoms with E-state index in [-0.39, 0.29) is 25.7 Å². The third-order valence-electron chi connectivity index (χ3n) is 5.92. The highest BCUT2D eigenvalue weighted by atomic mass is 31.2. The maximum atomic E-state index is 12.5. The molecule has 0 aliphatic carbocycles. The van der Waals surface area contributed by atoms with Gasteiger partial charge in [-0.25, -0.2) is 4.57 Å². The number of carbonyl (C=O) groups is 1. The molecule has 0 aromatic heterocycles. The van der Waals surface area contributed by atoms with Crippen molar-refractivity contribution in [1.29, 1.82) is 0 Å². The number of unbranched alkanes of at least 4 members (excludes halogenated alkanes) is 10. The van der Waals surface area contributed by atoms with Gasteiger partial charge in [0.15, 0.2) is 0 Å². The zero-order chi connectivity index (χ0) is 28.3. The van der Waals surface area contributed by atoms with Crippen molar-refractivity contribution in [3.8, 4) is 0 Å². The smallest absolute Gasteiger partial charge is 0.387 e. The fourth-order valence-electron chi connectivity index (χ4n) is 3.67. The second-order valence-corrected chi connectivity index (χ2v) is 11.0. The molecule has 0 bridgehead atoms. The monoisotopic (exact) mass is 558 g/mol. The summed E-state index contributed by atoms with van der Waals surface area (Å²) < 4.78 is 21.8. The van der Waals surface area contributed by atoms with Crippen molar-refractivity contribution in [2.75, 3.05) is 19.8 Å². The Kier molecular flexibility index (Phi) is 25.1. The van der Waals surface area contributed by atoms with E-state index in [9.17, 15) is 19.4 Å². The van der Waals surface area contributed by atoms with Crippen LogP contribution in [0.25, 0.3) is 0 Å². The van der Waals surface area contributed by atoms with E-state index in [1.54, 1.807) is 6.08 Å². The molecule has 0 aromatic carbocycles. The number of rotatable bonds is 26. The summed E-state index contributed by atoms with van der Waals surface area (Å²) in [6, 6.07) is -0.875. The number of aliphatic hydroxyl groups is 1. The average Bonchev–Trinajstić information content (AvgIpc) is 2.89. The van der Waals surface area contributed by atoms with Crippen molar-refractivity contribution in [2.24, 2.45) is 5.73 Å². The minimum Gasteiger partial charge on any atom is -0.387 e. The Morgan fingerprint density at radius 1 is 0.842 bits per heavy atom. The molecule has 0 radical (unpaired) electrons. The van der Waals surface area contributed by atoms with E-state index in [4.69, 9.17) is 14.8 Å². The van der Waals surface area contributed by atoms with Crippen molar-refractivity contribution in [2.45, 2.75) is 122 Å². The highest BCUT2D eigenvalue weighted by molar-refractivity contribution is 7.47. The number of allylic oxidation sites excluding steroid dienone is 5. The molecule has 8 nitrogen and oxygen atoms in total. The Bertz CT molecular complexity index is 699. The first-order chi connectivity index (χ1) is 18.4. The molecule has 0 aliphatic heterocycles. The Balaban J connectivity index is 4.48. The van der Waals surface area contributed by atoms with Crippen LogP contribution in [0.4, 0.5) is 0 Å². The second-order valence-electron chi connectivity index (χ2n) is 9.59. The van der Waals surface area contributed by atoms with E-state index in [0.717, 1.165) is 64.2 Å². The zero-order valence-electron chi connectivity index (χ0n) is 23.9. The van der Waals surface area contributed by atoms with Gasteiger partial charge in [0, 0.05) is 13.0 Å². The number of hydrogen-bond donors (Lipinski definition) is 4. The van der Waals surface area contributed by atoms with E-state index < -0.39 is 20.0 Å². The van der Waals surface area contributed by atoms with Crippen LogP contribution in [0.5, 0.6) is 0 Å². The molecule has 0 aromatic rings. The van der Waals surface area contributed by atoms with Crippen molar-refractivity contribution >= 4 is 13.7 Å². The summed E-state index contributed by atoms with van der Waals surface area (Å²) in [6.07, 6.45) is 26.4. The quantitative estimate of drug-likeness (QED) is 0.0542. The van der Waals surface area contributed by atoms with Gasteiger partial charge in [-0.2, -0.15) is 0 Å². The van der Waals surface area contributed by atoms with Gasteiger partial charge < -0.3 is 21.1 Å². The standard InChI is InChI=1S/C29H55N2O6P/c1-3-5-7-9-11-12-13-14-15-17-19-21-23-29(33)31-27(26-37-38(34,35)36-25-24-30)28(32)22-20-18-16-10-8-6-4-2/h8,10-12,20,22,27-28,32H,3-7,9,13-19,21,23-26,30H2,1-2H3,(H,31,33)(H,34,35)/b10-8+,12-11-,22-20+. The molecule has 0 saturated carbocycles. The highest BCUT2D eigenvalue weighted by Gasteiger charge is 2.26. The number of phosphoric acid groups is 1. The fraction of sp³-hybridized carbons (Fsp3) is 0.759. The molecule has 3 unspecified atom stereocenters. The largest absolute Gasteiger partial charge is 0.472 e. The predicted molar refractivity (Wildman–Crippen MR) is 157 cm³/mol. The first-order valence-electron chi connectivity index (χ1n) is 14.6. The van der Waals surface area contributed by atoms with Gasteiger partial charge in [-0.15, -0.1) is 0 Å². The third kappa shape index (κ3) is 23.8. The molecular weight excluding hydrogens is 503 g/mol. The van der Waals surface area contributed by atoms with Gasteiger partial charge in [-0.05, 0) is 51.4 Å². The summed E-state index contributed by atoms with van der Waals surface area (Å²) in [7, 11) is -4.32. The van der Waals surface area contributed by atoms with Crippen LogP contribution < -0.4 is 11.1 Å². The maximum absolute atomic E-state index is 12.5. The molecule has 222 valence electrons. The number of nitrogens with two attached hydrogens (primary N) is 1. The second kappa shape index (κ2) is 26.0. The molecule has 3 atom stereocenters. The van der Waals surface area contributed by atoms with Crippen molar-refractivity contribution in [1.82, 2.24) is 5.32 Å². The molecule has 5 N–H and O–H groups in total. The Hall–Kier alpha value is -1.28. The lowest BCUT2D eigenvalue weighted by molar-refractivity contribution is -0.123. The van der Waals surface area contributed by atoms with Crippen LogP contribution in [0.15, 0.2) is 36.5 Å². The zero-order valence-corrected chi connectivity index (χ0v) is 24.8. The van der Waals surface area contributed by atoms with Crippen LogP contribution in [-0.4, -0.2) is 47.8 Å². The van der Waals surface area contributed by atoms with Crippen LogP contribution in [0.3, 0.4) is 0 Å². The molecule has 0 fully saturated rings. The lowest BCUT2D eigenvalue weighted by Gasteiger charge is -2.23. The lowest BCUT2D eigenvalue weighted by Crippen LogP contribution is -2.45. The molecule has 38 heavy (non-hydrogen) atoms. The summed E-state index contributed by atoms with van der Waals surface area (Å²) in [5, 5.41) is 13.4. The molecule has 1 amide bonds. The first kappa shape index (κ1) is 36.7. The SMILES string of the molecule is CCC/C=C/CC/C=C/C(O)C(COP(=O)(O)OCCN)NC(=O)CCCCCCC/C=C\CCCCC. The molecule has 0 heterocycles. The van der Waals surface area contributed by atoms with E-state index in [1.165, 1.54) is 25.7 Å². The number of carbonyl (C=O) groups excluding carboxylic acids is 1. The van der Waals surface area contributed by atoms with Crippen molar-refractivity contribution in [3.63, 3.8) is 0 Å². The Morgan fingerprint density at radius 2 is 1.45 bits per heavy atom. The fourth-order valence-corrected chi connectivity index (χ4v) is 4.43. The Labute approximate surface area is 231 Å². The number of amides is 1. The van der Waals surface area contributed by atoms with Gasteiger partial charge in [0.2, 0.25) is 5.91 Å². The molecule has 0 spiro atoms. The van der Waals surface area contributed by atoms with E-state index in [1.807, 2.05) is 6.08 Å². The van der Waals surface area contributed by atoms with Crippen LogP contribution in [0.2, 0.25) is 0 Å². The third-order valence-corrected chi connectivity index (χ3v) is 6.90. The van der Waals surface area contributed by atoms with Gasteiger partial charge in [0.05, 0.1) is 25.4 Å². The number of phosphoric ester groups is 1. The van der Waals surface area contributed by atoms with Gasteiger partial charge >= 0.3 is 7.82 Å². The number of nitrogens with one attached hydrogen (secondary N) is 1. The summed E-state index contributed by atoms with van der Waals surface area (Å²) in [5.74, 6) is -0.223. The lowest BCUT2D eigenvalue weighted by atomic mass is 10.1. The molecular formula is C29H55N2O6P. The van der Waals surface area contributed by atoms with Gasteiger partial charge in [-0.3, -0.25) is 13.8 Å². The summed E-state index contributed by atoms with van der Waals surface area (Å²) in [6.45, 7) is 3.92. The average molecular weight is 559 g/mol. The Morgan fingerprint density at radius 3 is 2.13 bits per heavy atom. The van der Waals surface area contributed by atoms with Gasteiger partial charge in [0.25, 0.3) is 0 Å². The van der Waals surface area contributed by atoms with E-state index in [0.29, 0.717) is 6.42 Å². The van der Waals surface area contributed by atoms with Gasteiger partial charge in [-0.1, -0.05) is 88.8 Å². The number of hydrogen-bond acceptors (Lipinski definition) is 6. The molecule has 9 heteroatoms. The summed E-state index contributed by atoms with van der Waals surface area (Å²) >= 11 is 0. The topological polar surface area (TPSA) is 131 Å². The highest BCUT2D eigenvalue weighted by Crippen LogP contribution is 2.43. The molecule has 0 rings (SSSR count). The van der Waals surface area contributed by atoms with Gasteiger partial charge in [0.1, 0.15) is 0 Å². The number of aliphatic hydroxyl groups excluding tert-OH is 1. The van der Waals surface area contributed by atoms with E-state index >= 15 is 0 Å². The minimum absolute atomic E-state index is 0.0713.